The molecule has 0 unspecified atom stereocenters. The summed E-state index contributed by atoms with van der Waals surface area (Å²) in [5.74, 6) is 1.00. The van der Waals surface area contributed by atoms with E-state index in [0.29, 0.717) is 13.2 Å². The highest BCUT2D eigenvalue weighted by molar-refractivity contribution is 5.81. The average Bonchev–Trinajstić information content (AvgIpc) is 3.73. The van der Waals surface area contributed by atoms with E-state index in [1.165, 1.54) is 30.0 Å². The van der Waals surface area contributed by atoms with Crippen LogP contribution in [0, 0.1) is 5.92 Å². The Morgan fingerprint density at radius 1 is 1.23 bits per heavy atom. The summed E-state index contributed by atoms with van der Waals surface area (Å²) in [7, 11) is 0. The van der Waals surface area contributed by atoms with Gasteiger partial charge in [-0.2, -0.15) is 13.2 Å². The average molecular weight is 564 g/mol. The number of benzene rings is 1. The first-order chi connectivity index (χ1) is 19.1. The van der Waals surface area contributed by atoms with Gasteiger partial charge in [-0.3, -0.25) is 14.7 Å². The zero-order valence-electron chi connectivity index (χ0n) is 22.8. The number of nitrogens with one attached hydrogen (secondary N) is 2. The molecule has 1 aromatic carbocycles. The third kappa shape index (κ3) is 8.48. The monoisotopic (exact) mass is 563 g/mol. The molecule has 2 aliphatic rings. The normalized spacial score (nSPS) is 15.6. The van der Waals surface area contributed by atoms with Crippen molar-refractivity contribution in [3.63, 3.8) is 0 Å². The van der Waals surface area contributed by atoms with Crippen LogP contribution in [0.15, 0.2) is 36.5 Å². The molecule has 1 fully saturated rings. The number of anilines is 1. The number of rotatable bonds is 11. The third-order valence-corrected chi connectivity index (χ3v) is 6.71. The molecule has 40 heavy (non-hydrogen) atoms. The quantitative estimate of drug-likeness (QED) is 0.421. The fourth-order valence-corrected chi connectivity index (χ4v) is 4.54. The molecular weight excluding hydrogens is 527 g/mol. The number of nitrogens with zero attached hydrogens (tertiary/aromatic N) is 3. The summed E-state index contributed by atoms with van der Waals surface area (Å²) in [6, 6.07) is 7.58. The summed E-state index contributed by atoms with van der Waals surface area (Å²) in [6.45, 7) is 5.73. The lowest BCUT2D eigenvalue weighted by molar-refractivity contribution is -0.140. The fourth-order valence-electron chi connectivity index (χ4n) is 4.54. The Kier molecular flexibility index (Phi) is 9.72. The third-order valence-electron chi connectivity index (χ3n) is 6.71. The van der Waals surface area contributed by atoms with Crippen LogP contribution in [0.1, 0.15) is 43.5 Å². The predicted molar refractivity (Wildman–Crippen MR) is 143 cm³/mol. The number of hydrogen-bond acceptors (Lipinski definition) is 7. The topological polar surface area (TPSA) is 96.0 Å². The summed E-state index contributed by atoms with van der Waals surface area (Å²) in [5.41, 5.74) is 0.473. The minimum atomic E-state index is -4.63. The van der Waals surface area contributed by atoms with Gasteiger partial charge in [0.2, 0.25) is 5.91 Å². The largest absolute Gasteiger partial charge is 0.492 e. The van der Waals surface area contributed by atoms with Gasteiger partial charge in [0.15, 0.2) is 0 Å². The van der Waals surface area contributed by atoms with Crippen LogP contribution < -0.4 is 15.4 Å². The lowest BCUT2D eigenvalue weighted by atomic mass is 10.1. The van der Waals surface area contributed by atoms with Crippen LogP contribution in [0.2, 0.25) is 0 Å². The van der Waals surface area contributed by atoms with E-state index in [9.17, 15) is 22.8 Å². The van der Waals surface area contributed by atoms with Crippen molar-refractivity contribution in [2.75, 3.05) is 44.7 Å². The fraction of sp³-hybridized carbons (Fsp3) is 0.536. The van der Waals surface area contributed by atoms with Crippen molar-refractivity contribution in [1.82, 2.24) is 20.1 Å². The molecule has 0 spiro atoms. The zero-order chi connectivity index (χ0) is 28.7. The first kappa shape index (κ1) is 29.4. The Labute approximate surface area is 232 Å². The minimum Gasteiger partial charge on any atom is -0.492 e. The van der Waals surface area contributed by atoms with Crippen molar-refractivity contribution in [2.24, 2.45) is 5.92 Å². The zero-order valence-corrected chi connectivity index (χ0v) is 22.8. The molecule has 1 saturated carbocycles. The number of halogens is 3. The lowest BCUT2D eigenvalue weighted by Gasteiger charge is -2.25. The highest BCUT2D eigenvalue weighted by Crippen LogP contribution is 2.34. The van der Waals surface area contributed by atoms with E-state index in [0.717, 1.165) is 42.1 Å². The molecule has 1 aliphatic heterocycles. The van der Waals surface area contributed by atoms with E-state index in [4.69, 9.17) is 9.47 Å². The second kappa shape index (κ2) is 13.2. The molecule has 0 saturated heterocycles. The Bertz CT molecular complexity index is 1170. The van der Waals surface area contributed by atoms with Gasteiger partial charge in [0.1, 0.15) is 19.0 Å². The van der Waals surface area contributed by atoms with E-state index in [1.54, 1.807) is 13.8 Å². The van der Waals surface area contributed by atoms with Crippen LogP contribution in [0.3, 0.4) is 0 Å². The summed E-state index contributed by atoms with van der Waals surface area (Å²) in [5, 5.41) is 5.74. The van der Waals surface area contributed by atoms with Crippen molar-refractivity contribution in [3.05, 3.63) is 53.3 Å². The van der Waals surface area contributed by atoms with Crippen LogP contribution in [-0.4, -0.2) is 72.2 Å². The summed E-state index contributed by atoms with van der Waals surface area (Å²) in [6.07, 6.45) is -1.56. The number of aromatic nitrogens is 1. The van der Waals surface area contributed by atoms with Crippen LogP contribution in [-0.2, 0) is 28.8 Å². The van der Waals surface area contributed by atoms with E-state index in [1.807, 2.05) is 18.2 Å². The van der Waals surface area contributed by atoms with Crippen molar-refractivity contribution >= 4 is 17.7 Å². The van der Waals surface area contributed by atoms with E-state index in [-0.39, 0.29) is 31.4 Å². The van der Waals surface area contributed by atoms with Crippen molar-refractivity contribution in [2.45, 2.75) is 52.0 Å². The van der Waals surface area contributed by atoms with Gasteiger partial charge >= 0.3 is 12.3 Å². The predicted octanol–water partition coefficient (Wildman–Crippen LogP) is 4.28. The standard InChI is InChI=1S/C28H36F3N5O4/c1-19(2)34-27(38)40-14-12-36(18-24-22(28(29,30)31)5-4-10-32-24)26(37)15-33-23-6-3-7-25-21(23)17-35(11-13-39-25)16-20-8-9-20/h3-7,10,19-20,33H,8-9,11-18H2,1-2H3,(H,34,38). The number of fused-ring (bicyclic) bond motifs is 1. The van der Waals surface area contributed by atoms with Gasteiger partial charge in [-0.1, -0.05) is 6.07 Å². The molecule has 2 heterocycles. The van der Waals surface area contributed by atoms with E-state index in [2.05, 4.69) is 20.5 Å². The van der Waals surface area contributed by atoms with Crippen molar-refractivity contribution in [1.29, 1.82) is 0 Å². The Morgan fingerprint density at radius 2 is 2.02 bits per heavy atom. The summed E-state index contributed by atoms with van der Waals surface area (Å²) < 4.78 is 51.9. The number of alkyl carbamates (subject to hydrolysis) is 1. The van der Waals surface area contributed by atoms with Crippen LogP contribution >= 0.6 is 0 Å². The molecule has 0 radical (unpaired) electrons. The van der Waals surface area contributed by atoms with Gasteiger partial charge in [0.05, 0.1) is 30.9 Å². The summed E-state index contributed by atoms with van der Waals surface area (Å²) in [4.78, 5) is 32.7. The molecule has 2 amide bonds. The molecule has 2 N–H and O–H groups in total. The molecular formula is C28H36F3N5O4. The maximum absolute atomic E-state index is 13.6. The molecule has 0 bridgehead atoms. The number of alkyl halides is 3. The molecule has 0 atom stereocenters. The van der Waals surface area contributed by atoms with Crippen molar-refractivity contribution in [3.8, 4) is 5.75 Å². The minimum absolute atomic E-state index is 0.106. The molecule has 1 aromatic heterocycles. The molecule has 1 aliphatic carbocycles. The Hall–Kier alpha value is -3.54. The second-order valence-corrected chi connectivity index (χ2v) is 10.4. The summed E-state index contributed by atoms with van der Waals surface area (Å²) >= 11 is 0. The van der Waals surface area contributed by atoms with E-state index >= 15 is 0 Å². The number of ether oxygens (including phenoxy) is 2. The highest BCUT2D eigenvalue weighted by Gasteiger charge is 2.34. The molecule has 2 aromatic rings. The number of carbonyl (C=O) groups is 2. The Morgan fingerprint density at radius 3 is 2.75 bits per heavy atom. The SMILES string of the molecule is CC(C)NC(=O)OCCN(Cc1ncccc1C(F)(F)F)C(=O)CNc1cccc2c1CN(CC1CC1)CCO2. The van der Waals surface area contributed by atoms with Crippen LogP contribution in [0.5, 0.6) is 5.75 Å². The molecule has 218 valence electrons. The lowest BCUT2D eigenvalue weighted by Crippen LogP contribution is -2.39. The van der Waals surface area contributed by atoms with Crippen LogP contribution in [0.4, 0.5) is 23.7 Å². The second-order valence-electron chi connectivity index (χ2n) is 10.4. The number of hydrogen-bond donors (Lipinski definition) is 2. The van der Waals surface area contributed by atoms with Gasteiger partial charge in [0.25, 0.3) is 0 Å². The van der Waals surface area contributed by atoms with Gasteiger partial charge in [0, 0.05) is 43.1 Å². The highest BCUT2D eigenvalue weighted by atomic mass is 19.4. The molecule has 9 nitrogen and oxygen atoms in total. The van der Waals surface area contributed by atoms with Gasteiger partial charge in [-0.15, -0.1) is 0 Å². The number of pyridine rings is 1. The van der Waals surface area contributed by atoms with Gasteiger partial charge in [-0.25, -0.2) is 4.79 Å². The maximum Gasteiger partial charge on any atom is 0.418 e. The Balaban J connectivity index is 1.46. The number of carbonyl (C=O) groups excluding carboxylic acids is 2. The van der Waals surface area contributed by atoms with E-state index < -0.39 is 30.3 Å². The van der Waals surface area contributed by atoms with Crippen molar-refractivity contribution < 1.29 is 32.2 Å². The first-order valence-electron chi connectivity index (χ1n) is 13.5. The maximum atomic E-state index is 13.6. The first-order valence-corrected chi connectivity index (χ1v) is 13.5. The molecule has 12 heteroatoms. The number of amides is 2. The van der Waals surface area contributed by atoms with Gasteiger partial charge < -0.3 is 25.0 Å². The van der Waals surface area contributed by atoms with Crippen LogP contribution in [0.25, 0.3) is 0 Å². The van der Waals surface area contributed by atoms with Gasteiger partial charge in [-0.05, 0) is 56.9 Å². The molecule has 4 rings (SSSR count). The smallest absolute Gasteiger partial charge is 0.418 e.